The number of nitrogens with one attached hydrogen (secondary N) is 1. The topological polar surface area (TPSA) is 47.3 Å². The van der Waals surface area contributed by atoms with Gasteiger partial charge in [-0.15, -0.1) is 0 Å². The Labute approximate surface area is 88.4 Å². The first-order valence-corrected chi connectivity index (χ1v) is 5.73. The summed E-state index contributed by atoms with van der Waals surface area (Å²) in [5.74, 6) is 6.23. The minimum atomic E-state index is 0.198. The lowest BCUT2D eigenvalue weighted by atomic mass is 9.95. The highest BCUT2D eigenvalue weighted by atomic mass is 16.5. The molecule has 0 saturated carbocycles. The van der Waals surface area contributed by atoms with E-state index in [2.05, 4.69) is 26.2 Å². The smallest absolute Gasteiger partial charge is 0.0713 e. The summed E-state index contributed by atoms with van der Waals surface area (Å²) in [7, 11) is 0. The second-order valence-corrected chi connectivity index (χ2v) is 4.06. The Morgan fingerprint density at radius 1 is 1.29 bits per heavy atom. The Hall–Kier alpha value is -0.120. The van der Waals surface area contributed by atoms with Crippen LogP contribution in [0, 0.1) is 5.92 Å². The molecule has 0 aromatic heterocycles. The predicted octanol–water partition coefficient (Wildman–Crippen LogP) is 2.07. The van der Waals surface area contributed by atoms with Crippen LogP contribution in [0.5, 0.6) is 0 Å². The van der Waals surface area contributed by atoms with E-state index < -0.39 is 0 Å². The fraction of sp³-hybridized carbons (Fsp3) is 1.00. The highest BCUT2D eigenvalue weighted by Gasteiger charge is 2.18. The zero-order valence-corrected chi connectivity index (χ0v) is 10.0. The monoisotopic (exact) mass is 202 g/mol. The molecule has 0 heterocycles. The number of hydrogen-bond donors (Lipinski definition) is 2. The van der Waals surface area contributed by atoms with Crippen molar-refractivity contribution >= 4 is 0 Å². The Balaban J connectivity index is 3.87. The van der Waals surface area contributed by atoms with E-state index in [0.29, 0.717) is 5.92 Å². The number of hydrazine groups is 1. The zero-order chi connectivity index (χ0) is 11.0. The van der Waals surface area contributed by atoms with Crippen molar-refractivity contribution in [1.29, 1.82) is 0 Å². The minimum absolute atomic E-state index is 0.198. The highest BCUT2D eigenvalue weighted by molar-refractivity contribution is 4.73. The van der Waals surface area contributed by atoms with Gasteiger partial charge < -0.3 is 4.74 Å². The molecule has 0 aliphatic heterocycles. The summed E-state index contributed by atoms with van der Waals surface area (Å²) >= 11 is 0. The third-order valence-electron chi connectivity index (χ3n) is 2.65. The second-order valence-electron chi connectivity index (χ2n) is 4.06. The van der Waals surface area contributed by atoms with Crippen LogP contribution in [0.3, 0.4) is 0 Å². The van der Waals surface area contributed by atoms with Crippen molar-refractivity contribution in [2.24, 2.45) is 11.8 Å². The normalized spacial score (nSPS) is 17.8. The molecule has 14 heavy (non-hydrogen) atoms. The molecule has 0 spiro atoms. The molecule has 86 valence electrons. The summed E-state index contributed by atoms with van der Waals surface area (Å²) in [5, 5.41) is 0. The van der Waals surface area contributed by atoms with Crippen LogP contribution in [-0.4, -0.2) is 18.8 Å². The van der Waals surface area contributed by atoms with Gasteiger partial charge in [0.25, 0.3) is 0 Å². The molecular formula is C11H26N2O. The van der Waals surface area contributed by atoms with E-state index in [9.17, 15) is 0 Å². The van der Waals surface area contributed by atoms with E-state index in [4.69, 9.17) is 10.6 Å². The molecule has 0 amide bonds. The van der Waals surface area contributed by atoms with E-state index in [1.807, 2.05) is 6.92 Å². The van der Waals surface area contributed by atoms with Crippen LogP contribution in [-0.2, 0) is 4.74 Å². The maximum Gasteiger partial charge on any atom is 0.0713 e. The fourth-order valence-electron chi connectivity index (χ4n) is 1.82. The first-order valence-electron chi connectivity index (χ1n) is 5.73. The highest BCUT2D eigenvalue weighted by Crippen LogP contribution is 2.15. The Morgan fingerprint density at radius 3 is 2.36 bits per heavy atom. The third-order valence-corrected chi connectivity index (χ3v) is 2.65. The number of ether oxygens (including phenoxy) is 1. The van der Waals surface area contributed by atoms with E-state index in [0.717, 1.165) is 13.0 Å². The van der Waals surface area contributed by atoms with Crippen LogP contribution in [0.4, 0.5) is 0 Å². The van der Waals surface area contributed by atoms with Gasteiger partial charge in [-0.1, -0.05) is 26.7 Å². The summed E-state index contributed by atoms with van der Waals surface area (Å²) in [5.41, 5.74) is 2.85. The SMILES string of the molecule is CCCC(C)CC(NN)C(C)OCC. The molecule has 0 rings (SSSR count). The number of hydrogen-bond acceptors (Lipinski definition) is 3. The quantitative estimate of drug-likeness (QED) is 0.468. The lowest BCUT2D eigenvalue weighted by Gasteiger charge is -2.25. The summed E-state index contributed by atoms with van der Waals surface area (Å²) < 4.78 is 5.53. The molecular weight excluding hydrogens is 176 g/mol. The van der Waals surface area contributed by atoms with Gasteiger partial charge in [-0.2, -0.15) is 0 Å². The fourth-order valence-corrected chi connectivity index (χ4v) is 1.82. The van der Waals surface area contributed by atoms with Crippen LogP contribution in [0.25, 0.3) is 0 Å². The summed E-state index contributed by atoms with van der Waals surface area (Å²) in [4.78, 5) is 0. The maximum atomic E-state index is 5.53. The average Bonchev–Trinajstić information content (AvgIpc) is 2.15. The van der Waals surface area contributed by atoms with Crippen molar-refractivity contribution in [3.8, 4) is 0 Å². The largest absolute Gasteiger partial charge is 0.377 e. The van der Waals surface area contributed by atoms with Crippen LogP contribution in [0.1, 0.15) is 47.0 Å². The van der Waals surface area contributed by atoms with Gasteiger partial charge in [-0.05, 0) is 26.2 Å². The first kappa shape index (κ1) is 13.9. The number of rotatable bonds is 8. The van der Waals surface area contributed by atoms with Gasteiger partial charge in [0.15, 0.2) is 0 Å². The van der Waals surface area contributed by atoms with Crippen LogP contribution in [0.15, 0.2) is 0 Å². The molecule has 0 aromatic rings. The third kappa shape index (κ3) is 5.58. The molecule has 3 atom stereocenters. The second kappa shape index (κ2) is 8.21. The molecule has 3 unspecified atom stereocenters. The van der Waals surface area contributed by atoms with E-state index in [-0.39, 0.29) is 12.1 Å². The molecule has 3 nitrogen and oxygen atoms in total. The van der Waals surface area contributed by atoms with Crippen LogP contribution >= 0.6 is 0 Å². The van der Waals surface area contributed by atoms with Gasteiger partial charge >= 0.3 is 0 Å². The van der Waals surface area contributed by atoms with Crippen molar-refractivity contribution in [1.82, 2.24) is 5.43 Å². The molecule has 0 fully saturated rings. The lowest BCUT2D eigenvalue weighted by Crippen LogP contribution is -2.44. The van der Waals surface area contributed by atoms with Gasteiger partial charge in [0.1, 0.15) is 0 Å². The summed E-state index contributed by atoms with van der Waals surface area (Å²) in [6.07, 6.45) is 3.79. The zero-order valence-electron chi connectivity index (χ0n) is 10.0. The van der Waals surface area contributed by atoms with Gasteiger partial charge in [0, 0.05) is 12.6 Å². The molecule has 0 aliphatic rings. The van der Waals surface area contributed by atoms with Crippen LogP contribution in [0.2, 0.25) is 0 Å². The molecule has 0 aliphatic carbocycles. The Morgan fingerprint density at radius 2 is 1.93 bits per heavy atom. The van der Waals surface area contributed by atoms with Crippen molar-refractivity contribution < 1.29 is 4.74 Å². The molecule has 0 radical (unpaired) electrons. The van der Waals surface area contributed by atoms with E-state index in [1.165, 1.54) is 12.8 Å². The minimum Gasteiger partial charge on any atom is -0.377 e. The van der Waals surface area contributed by atoms with Crippen LogP contribution < -0.4 is 11.3 Å². The van der Waals surface area contributed by atoms with Crippen molar-refractivity contribution in [2.75, 3.05) is 6.61 Å². The Bertz CT molecular complexity index is 130. The molecule has 3 heteroatoms. The van der Waals surface area contributed by atoms with Crippen molar-refractivity contribution in [2.45, 2.75) is 59.1 Å². The van der Waals surface area contributed by atoms with Gasteiger partial charge in [-0.3, -0.25) is 11.3 Å². The molecule has 0 saturated heterocycles. The summed E-state index contributed by atoms with van der Waals surface area (Å²) in [6, 6.07) is 0.275. The van der Waals surface area contributed by atoms with Gasteiger partial charge in [0.05, 0.1) is 6.10 Å². The predicted molar refractivity (Wildman–Crippen MR) is 60.9 cm³/mol. The maximum absolute atomic E-state index is 5.53. The van der Waals surface area contributed by atoms with Crippen molar-refractivity contribution in [3.63, 3.8) is 0 Å². The van der Waals surface area contributed by atoms with Crippen molar-refractivity contribution in [3.05, 3.63) is 0 Å². The standard InChI is InChI=1S/C11H26N2O/c1-5-7-9(3)8-11(13-12)10(4)14-6-2/h9-11,13H,5-8,12H2,1-4H3. The molecule has 0 bridgehead atoms. The summed E-state index contributed by atoms with van der Waals surface area (Å²) in [6.45, 7) is 9.33. The number of nitrogens with two attached hydrogens (primary N) is 1. The van der Waals surface area contributed by atoms with Gasteiger partial charge in [0.2, 0.25) is 0 Å². The first-order chi connectivity index (χ1) is 6.65. The van der Waals surface area contributed by atoms with Gasteiger partial charge in [-0.25, -0.2) is 0 Å². The van der Waals surface area contributed by atoms with E-state index in [1.54, 1.807) is 0 Å². The molecule has 0 aromatic carbocycles. The Kier molecular flexibility index (Phi) is 8.14. The molecule has 3 N–H and O–H groups in total. The average molecular weight is 202 g/mol. The van der Waals surface area contributed by atoms with E-state index >= 15 is 0 Å². The lowest BCUT2D eigenvalue weighted by molar-refractivity contribution is 0.0408.